The topological polar surface area (TPSA) is 64.6 Å². The molecule has 38 heavy (non-hydrogen) atoms. The third-order valence-corrected chi connectivity index (χ3v) is 7.72. The number of Topliss-reactive ketones (excluding diaryl/α,β-unsaturated/α-hetero) is 1. The number of unbranched alkanes of at least 4 members (excludes halogenated alkanes) is 3. The van der Waals surface area contributed by atoms with Crippen LogP contribution in [-0.2, 0) is 9.59 Å². The lowest BCUT2D eigenvalue weighted by Crippen LogP contribution is -2.33. The van der Waals surface area contributed by atoms with Crippen molar-refractivity contribution in [3.8, 4) is 11.5 Å². The molecule has 5 rings (SSSR count). The lowest BCUT2D eigenvalue weighted by molar-refractivity contribution is -0.134. The first-order chi connectivity index (χ1) is 18.3. The third-order valence-electron chi connectivity index (χ3n) is 7.72. The second-order valence-corrected chi connectivity index (χ2v) is 11.3. The van der Waals surface area contributed by atoms with E-state index in [1.165, 1.54) is 0 Å². The Hall–Kier alpha value is -3.60. The molecule has 1 aliphatic heterocycles. The maximum absolute atomic E-state index is 13.7. The molecule has 1 atom stereocenters. The van der Waals surface area contributed by atoms with Crippen molar-refractivity contribution in [2.24, 2.45) is 5.41 Å². The number of fused-ring (bicyclic) bond motifs is 4. The number of carbonyl (C=O) groups excluding carboxylic acids is 2. The minimum Gasteiger partial charge on any atom is -0.493 e. The van der Waals surface area contributed by atoms with Crippen LogP contribution in [0.15, 0.2) is 60.2 Å². The molecule has 198 valence electrons. The van der Waals surface area contributed by atoms with Crippen LogP contribution in [0.3, 0.4) is 0 Å². The number of ketones is 1. The van der Waals surface area contributed by atoms with Gasteiger partial charge in [-0.05, 0) is 58.4 Å². The summed E-state index contributed by atoms with van der Waals surface area (Å²) in [4.78, 5) is 26.1. The molecule has 5 heteroatoms. The fraction of sp³-hybridized carbons (Fsp3) is 0.394. The van der Waals surface area contributed by atoms with Gasteiger partial charge in [0.2, 0.25) is 0 Å². The molecule has 0 radical (unpaired) electrons. The third kappa shape index (κ3) is 5.07. The number of hydrogen-bond acceptors (Lipinski definition) is 5. The van der Waals surface area contributed by atoms with Crippen molar-refractivity contribution >= 4 is 33.8 Å². The summed E-state index contributed by atoms with van der Waals surface area (Å²) in [5, 5.41) is 6.00. The number of esters is 1. The maximum Gasteiger partial charge on any atom is 0.311 e. The van der Waals surface area contributed by atoms with Gasteiger partial charge < -0.3 is 14.8 Å². The van der Waals surface area contributed by atoms with Gasteiger partial charge in [0.15, 0.2) is 17.3 Å². The van der Waals surface area contributed by atoms with Crippen LogP contribution >= 0.6 is 0 Å². The van der Waals surface area contributed by atoms with Crippen LogP contribution in [0.25, 0.3) is 16.3 Å². The first kappa shape index (κ1) is 26.0. The fourth-order valence-electron chi connectivity index (χ4n) is 5.91. The summed E-state index contributed by atoms with van der Waals surface area (Å²) in [6.07, 6.45) is 5.81. The molecular formula is C33H37NO4. The normalized spacial score (nSPS) is 18.0. The predicted molar refractivity (Wildman–Crippen MR) is 153 cm³/mol. The van der Waals surface area contributed by atoms with Gasteiger partial charge in [0.1, 0.15) is 0 Å². The van der Waals surface area contributed by atoms with E-state index in [0.29, 0.717) is 24.3 Å². The quantitative estimate of drug-likeness (QED) is 0.188. The van der Waals surface area contributed by atoms with E-state index < -0.39 is 0 Å². The van der Waals surface area contributed by atoms with Gasteiger partial charge in [-0.15, -0.1) is 0 Å². The van der Waals surface area contributed by atoms with Crippen molar-refractivity contribution in [1.29, 1.82) is 0 Å². The number of anilines is 1. The lowest BCUT2D eigenvalue weighted by Gasteiger charge is -2.40. The van der Waals surface area contributed by atoms with Crippen molar-refractivity contribution in [2.45, 2.75) is 71.8 Å². The highest BCUT2D eigenvalue weighted by Gasteiger charge is 2.41. The molecule has 3 aromatic rings. The molecule has 0 saturated carbocycles. The number of carbonyl (C=O) groups is 2. The molecule has 0 bridgehead atoms. The smallest absolute Gasteiger partial charge is 0.311 e. The monoisotopic (exact) mass is 511 g/mol. The highest BCUT2D eigenvalue weighted by molar-refractivity contribution is 6.12. The summed E-state index contributed by atoms with van der Waals surface area (Å²) in [7, 11) is 1.58. The Morgan fingerprint density at radius 1 is 1.00 bits per heavy atom. The Morgan fingerprint density at radius 2 is 1.82 bits per heavy atom. The van der Waals surface area contributed by atoms with E-state index in [4.69, 9.17) is 9.47 Å². The molecule has 0 fully saturated rings. The molecule has 0 aromatic heterocycles. The summed E-state index contributed by atoms with van der Waals surface area (Å²) in [5.41, 5.74) is 4.91. The zero-order valence-electron chi connectivity index (χ0n) is 22.9. The summed E-state index contributed by atoms with van der Waals surface area (Å²) >= 11 is 0. The maximum atomic E-state index is 13.7. The number of hydrogen-bond donors (Lipinski definition) is 1. The molecule has 1 N–H and O–H groups in total. The number of allylic oxidation sites excluding steroid dienone is 1. The van der Waals surface area contributed by atoms with E-state index in [-0.39, 0.29) is 23.2 Å². The van der Waals surface area contributed by atoms with Crippen LogP contribution in [0.4, 0.5) is 5.69 Å². The molecule has 0 amide bonds. The van der Waals surface area contributed by atoms with Gasteiger partial charge in [0.25, 0.3) is 0 Å². The van der Waals surface area contributed by atoms with Crippen molar-refractivity contribution in [3.05, 3.63) is 71.3 Å². The Bertz CT molecular complexity index is 1420. The predicted octanol–water partition coefficient (Wildman–Crippen LogP) is 8.03. The van der Waals surface area contributed by atoms with E-state index in [1.54, 1.807) is 13.2 Å². The van der Waals surface area contributed by atoms with E-state index in [1.807, 2.05) is 18.2 Å². The van der Waals surface area contributed by atoms with Crippen LogP contribution < -0.4 is 14.8 Å². The second kappa shape index (κ2) is 10.6. The van der Waals surface area contributed by atoms with Crippen LogP contribution in [0.1, 0.15) is 82.9 Å². The molecule has 0 unspecified atom stereocenters. The summed E-state index contributed by atoms with van der Waals surface area (Å²) in [6.45, 7) is 6.49. The number of rotatable bonds is 8. The Morgan fingerprint density at radius 3 is 2.61 bits per heavy atom. The average molecular weight is 512 g/mol. The summed E-state index contributed by atoms with van der Waals surface area (Å²) in [6, 6.07) is 17.9. The molecule has 0 saturated heterocycles. The minimum atomic E-state index is -0.310. The Balaban J connectivity index is 1.52. The molecule has 1 heterocycles. The summed E-state index contributed by atoms with van der Waals surface area (Å²) < 4.78 is 11.3. The zero-order chi connectivity index (χ0) is 26.9. The van der Waals surface area contributed by atoms with Gasteiger partial charge >= 0.3 is 5.97 Å². The molecule has 2 aliphatic rings. The zero-order valence-corrected chi connectivity index (χ0v) is 22.9. The highest BCUT2D eigenvalue weighted by atomic mass is 16.6. The largest absolute Gasteiger partial charge is 0.493 e. The standard InChI is InChI=1S/C33H37NO4/c1-5-6-7-8-13-29(36)38-27-17-15-22(18-28(27)37-4)32-31-24(19-33(2,3)20-26(31)35)30-23-12-10-9-11-21(23)14-16-25(30)34-32/h9-12,14-18,32,34H,5-8,13,19-20H2,1-4H3/t32-/m0/s1. The second-order valence-electron chi connectivity index (χ2n) is 11.3. The van der Waals surface area contributed by atoms with Crippen molar-refractivity contribution in [2.75, 3.05) is 12.4 Å². The number of methoxy groups -OCH3 is 1. The first-order valence-electron chi connectivity index (χ1n) is 13.7. The fourth-order valence-corrected chi connectivity index (χ4v) is 5.91. The summed E-state index contributed by atoms with van der Waals surface area (Å²) in [5.74, 6) is 0.817. The van der Waals surface area contributed by atoms with Gasteiger partial charge in [-0.2, -0.15) is 0 Å². The van der Waals surface area contributed by atoms with Crippen LogP contribution in [-0.4, -0.2) is 18.9 Å². The van der Waals surface area contributed by atoms with E-state index in [9.17, 15) is 9.59 Å². The van der Waals surface area contributed by atoms with Gasteiger partial charge in [-0.3, -0.25) is 9.59 Å². The first-order valence-corrected chi connectivity index (χ1v) is 13.7. The average Bonchev–Trinajstić information content (AvgIpc) is 2.89. The number of benzene rings is 3. The van der Waals surface area contributed by atoms with Gasteiger partial charge in [-0.1, -0.05) is 76.4 Å². The van der Waals surface area contributed by atoms with E-state index in [0.717, 1.165) is 70.8 Å². The van der Waals surface area contributed by atoms with E-state index >= 15 is 0 Å². The van der Waals surface area contributed by atoms with Crippen molar-refractivity contribution < 1.29 is 19.1 Å². The molecule has 0 spiro atoms. The lowest BCUT2D eigenvalue weighted by atomic mass is 9.68. The van der Waals surface area contributed by atoms with Gasteiger partial charge in [0, 0.05) is 29.7 Å². The molecule has 5 nitrogen and oxygen atoms in total. The number of nitrogens with one attached hydrogen (secondary N) is 1. The van der Waals surface area contributed by atoms with Crippen molar-refractivity contribution in [1.82, 2.24) is 0 Å². The molecule has 1 aliphatic carbocycles. The van der Waals surface area contributed by atoms with Crippen LogP contribution in [0.2, 0.25) is 0 Å². The minimum absolute atomic E-state index is 0.112. The van der Waals surface area contributed by atoms with Gasteiger partial charge in [-0.25, -0.2) is 0 Å². The number of ether oxygens (including phenoxy) is 2. The highest BCUT2D eigenvalue weighted by Crippen LogP contribution is 2.52. The van der Waals surface area contributed by atoms with Crippen LogP contribution in [0, 0.1) is 5.41 Å². The van der Waals surface area contributed by atoms with Crippen LogP contribution in [0.5, 0.6) is 11.5 Å². The Kier molecular flexibility index (Phi) is 7.29. The van der Waals surface area contributed by atoms with E-state index in [2.05, 4.69) is 56.4 Å². The van der Waals surface area contributed by atoms with Crippen molar-refractivity contribution in [3.63, 3.8) is 0 Å². The Labute approximate surface area is 225 Å². The van der Waals surface area contributed by atoms with Gasteiger partial charge in [0.05, 0.1) is 13.2 Å². The SMILES string of the molecule is CCCCCCC(=O)Oc1ccc([C@@H]2Nc3ccc4ccccc4c3C3=C2C(=O)CC(C)(C)C3)cc1OC. The molecular weight excluding hydrogens is 474 g/mol. The molecule has 3 aromatic carbocycles.